The lowest BCUT2D eigenvalue weighted by Gasteiger charge is -2.33. The average Bonchev–Trinajstić information content (AvgIpc) is 3.13. The molecule has 0 bridgehead atoms. The molecule has 1 amide bonds. The van der Waals surface area contributed by atoms with Gasteiger partial charge in [0.05, 0.1) is 6.61 Å². The molecule has 1 saturated carbocycles. The lowest BCUT2D eigenvalue weighted by molar-refractivity contribution is -0.133. The van der Waals surface area contributed by atoms with E-state index >= 15 is 0 Å². The van der Waals surface area contributed by atoms with Gasteiger partial charge in [-0.1, -0.05) is 0 Å². The molecule has 2 atom stereocenters. The number of amides is 1. The van der Waals surface area contributed by atoms with Crippen LogP contribution in [0.25, 0.3) is 0 Å². The van der Waals surface area contributed by atoms with Crippen molar-refractivity contribution in [3.63, 3.8) is 0 Å². The monoisotopic (exact) mass is 240 g/mol. The number of nitrogens with zero attached hydrogens (tertiary/aromatic N) is 1. The van der Waals surface area contributed by atoms with Gasteiger partial charge in [-0.3, -0.25) is 4.79 Å². The van der Waals surface area contributed by atoms with Gasteiger partial charge >= 0.3 is 0 Å². The zero-order chi connectivity index (χ0) is 12.3. The predicted molar refractivity (Wildman–Crippen MR) is 66.5 cm³/mol. The molecule has 2 aliphatic rings. The maximum atomic E-state index is 12.1. The van der Waals surface area contributed by atoms with Crippen LogP contribution in [0, 0.1) is 11.8 Å². The summed E-state index contributed by atoms with van der Waals surface area (Å²) in [5.74, 6) is 1.36. The first-order chi connectivity index (χ1) is 8.20. The normalized spacial score (nSPS) is 26.9. The molecule has 1 saturated heterocycles. The van der Waals surface area contributed by atoms with E-state index in [0.29, 0.717) is 18.3 Å². The van der Waals surface area contributed by atoms with Gasteiger partial charge in [0.2, 0.25) is 5.91 Å². The van der Waals surface area contributed by atoms with Crippen LogP contribution in [-0.4, -0.2) is 43.7 Å². The molecule has 2 fully saturated rings. The number of piperidine rings is 1. The number of carbonyl (C=O) groups is 1. The number of nitrogens with two attached hydrogens (primary N) is 1. The van der Waals surface area contributed by atoms with E-state index in [4.69, 9.17) is 10.5 Å². The highest BCUT2D eigenvalue weighted by Crippen LogP contribution is 2.33. The van der Waals surface area contributed by atoms with Crippen LogP contribution in [0.3, 0.4) is 0 Å². The summed E-state index contributed by atoms with van der Waals surface area (Å²) in [5.41, 5.74) is 6.01. The topological polar surface area (TPSA) is 55.6 Å². The third-order valence-electron chi connectivity index (χ3n) is 3.91. The van der Waals surface area contributed by atoms with E-state index in [1.54, 1.807) is 7.11 Å². The second-order valence-electron chi connectivity index (χ2n) is 5.51. The van der Waals surface area contributed by atoms with Gasteiger partial charge in [0, 0.05) is 32.7 Å². The van der Waals surface area contributed by atoms with Gasteiger partial charge in [-0.25, -0.2) is 0 Å². The van der Waals surface area contributed by atoms with Crippen LogP contribution in [0.1, 0.15) is 32.1 Å². The van der Waals surface area contributed by atoms with Crippen molar-refractivity contribution in [2.45, 2.75) is 38.1 Å². The van der Waals surface area contributed by atoms with Gasteiger partial charge < -0.3 is 15.4 Å². The van der Waals surface area contributed by atoms with Crippen molar-refractivity contribution in [3.8, 4) is 0 Å². The Morgan fingerprint density at radius 3 is 2.88 bits per heavy atom. The molecule has 1 aliphatic heterocycles. The zero-order valence-electron chi connectivity index (χ0n) is 10.7. The van der Waals surface area contributed by atoms with E-state index in [-0.39, 0.29) is 11.9 Å². The Morgan fingerprint density at radius 1 is 1.47 bits per heavy atom. The molecule has 0 aromatic rings. The van der Waals surface area contributed by atoms with Crippen molar-refractivity contribution in [2.75, 3.05) is 26.8 Å². The average molecular weight is 240 g/mol. The van der Waals surface area contributed by atoms with Crippen molar-refractivity contribution < 1.29 is 9.53 Å². The molecule has 0 unspecified atom stereocenters. The summed E-state index contributed by atoms with van der Waals surface area (Å²) in [5, 5.41) is 0. The summed E-state index contributed by atoms with van der Waals surface area (Å²) in [7, 11) is 1.73. The second-order valence-corrected chi connectivity index (χ2v) is 5.51. The molecule has 4 heteroatoms. The number of likely N-dealkylation sites (tertiary alicyclic amines) is 1. The molecular formula is C13H24N2O2. The molecule has 2 N–H and O–H groups in total. The van der Waals surface area contributed by atoms with Crippen LogP contribution in [-0.2, 0) is 9.53 Å². The SMILES string of the molecule is COC[C@H]1CCCN(C(=O)C[C@H](N)C2CC2)C1. The van der Waals surface area contributed by atoms with Gasteiger partial charge in [0.1, 0.15) is 0 Å². The van der Waals surface area contributed by atoms with E-state index in [1.165, 1.54) is 19.3 Å². The van der Waals surface area contributed by atoms with Gasteiger partial charge in [0.15, 0.2) is 0 Å². The summed E-state index contributed by atoms with van der Waals surface area (Å²) < 4.78 is 5.18. The largest absolute Gasteiger partial charge is 0.384 e. The predicted octanol–water partition coefficient (Wildman–Crippen LogP) is 0.999. The van der Waals surface area contributed by atoms with Crippen LogP contribution >= 0.6 is 0 Å². The molecule has 4 nitrogen and oxygen atoms in total. The Kier molecular flexibility index (Phi) is 4.40. The number of hydrogen-bond acceptors (Lipinski definition) is 3. The molecule has 17 heavy (non-hydrogen) atoms. The molecular weight excluding hydrogens is 216 g/mol. The molecule has 0 spiro atoms. The summed E-state index contributed by atoms with van der Waals surface area (Å²) >= 11 is 0. The summed E-state index contributed by atoms with van der Waals surface area (Å²) in [6, 6.07) is 0.0882. The summed E-state index contributed by atoms with van der Waals surface area (Å²) in [4.78, 5) is 14.1. The van der Waals surface area contributed by atoms with Crippen LogP contribution in [0.4, 0.5) is 0 Å². The van der Waals surface area contributed by atoms with E-state index in [2.05, 4.69) is 0 Å². The standard InChI is InChI=1S/C13H24N2O2/c1-17-9-10-3-2-6-15(8-10)13(16)7-12(14)11-4-5-11/h10-12H,2-9,14H2,1H3/t10-,12-/m0/s1. The minimum absolute atomic E-state index is 0.0882. The Morgan fingerprint density at radius 2 is 2.24 bits per heavy atom. The van der Waals surface area contributed by atoms with Crippen molar-refractivity contribution in [2.24, 2.45) is 17.6 Å². The van der Waals surface area contributed by atoms with Crippen LogP contribution < -0.4 is 5.73 Å². The molecule has 2 rings (SSSR count). The molecule has 0 aromatic carbocycles. The van der Waals surface area contributed by atoms with Gasteiger partial charge in [-0.05, 0) is 37.5 Å². The van der Waals surface area contributed by atoms with Crippen LogP contribution in [0.5, 0.6) is 0 Å². The Balaban J connectivity index is 1.77. The first-order valence-corrected chi connectivity index (χ1v) is 6.73. The van der Waals surface area contributed by atoms with Crippen LogP contribution in [0.2, 0.25) is 0 Å². The first kappa shape index (κ1) is 12.8. The van der Waals surface area contributed by atoms with E-state index in [0.717, 1.165) is 26.1 Å². The third-order valence-corrected chi connectivity index (χ3v) is 3.91. The maximum absolute atomic E-state index is 12.1. The minimum Gasteiger partial charge on any atom is -0.384 e. The van der Waals surface area contributed by atoms with Crippen molar-refractivity contribution >= 4 is 5.91 Å². The molecule has 1 aliphatic carbocycles. The van der Waals surface area contributed by atoms with Gasteiger partial charge in [-0.15, -0.1) is 0 Å². The summed E-state index contributed by atoms with van der Waals surface area (Å²) in [6.45, 7) is 2.51. The van der Waals surface area contributed by atoms with Crippen molar-refractivity contribution in [3.05, 3.63) is 0 Å². The zero-order valence-corrected chi connectivity index (χ0v) is 10.7. The molecule has 0 aromatic heterocycles. The molecule has 1 heterocycles. The van der Waals surface area contributed by atoms with Gasteiger partial charge in [-0.2, -0.15) is 0 Å². The fraction of sp³-hybridized carbons (Fsp3) is 0.923. The lowest BCUT2D eigenvalue weighted by atomic mass is 9.98. The minimum atomic E-state index is 0.0882. The van der Waals surface area contributed by atoms with E-state index < -0.39 is 0 Å². The quantitative estimate of drug-likeness (QED) is 0.780. The van der Waals surface area contributed by atoms with Crippen molar-refractivity contribution in [1.82, 2.24) is 4.90 Å². The number of carbonyl (C=O) groups excluding carboxylic acids is 1. The number of hydrogen-bond donors (Lipinski definition) is 1. The van der Waals surface area contributed by atoms with Crippen LogP contribution in [0.15, 0.2) is 0 Å². The van der Waals surface area contributed by atoms with Crippen molar-refractivity contribution in [1.29, 1.82) is 0 Å². The molecule has 98 valence electrons. The second kappa shape index (κ2) is 5.83. The highest BCUT2D eigenvalue weighted by atomic mass is 16.5. The number of ether oxygens (including phenoxy) is 1. The van der Waals surface area contributed by atoms with Gasteiger partial charge in [0.25, 0.3) is 0 Å². The number of methoxy groups -OCH3 is 1. The van der Waals surface area contributed by atoms with E-state index in [1.807, 2.05) is 4.90 Å². The number of rotatable bonds is 5. The maximum Gasteiger partial charge on any atom is 0.224 e. The smallest absolute Gasteiger partial charge is 0.224 e. The first-order valence-electron chi connectivity index (χ1n) is 6.73. The fourth-order valence-electron chi connectivity index (χ4n) is 2.69. The third kappa shape index (κ3) is 3.68. The lowest BCUT2D eigenvalue weighted by Crippen LogP contribution is -2.43. The Bertz CT molecular complexity index is 264. The van der Waals surface area contributed by atoms with E-state index in [9.17, 15) is 4.79 Å². The molecule has 0 radical (unpaired) electrons. The highest BCUT2D eigenvalue weighted by Gasteiger charge is 2.32. The fourth-order valence-corrected chi connectivity index (χ4v) is 2.69. The Hall–Kier alpha value is -0.610. The Labute approximate surface area is 103 Å². The summed E-state index contributed by atoms with van der Waals surface area (Å²) in [6.07, 6.45) is 5.22. The highest BCUT2D eigenvalue weighted by molar-refractivity contribution is 5.77.